The molecule has 4 rings (SSSR count). The van der Waals surface area contributed by atoms with Crippen LogP contribution in [0.2, 0.25) is 0 Å². The van der Waals surface area contributed by atoms with Crippen molar-refractivity contribution >= 4 is 16.9 Å². The summed E-state index contributed by atoms with van der Waals surface area (Å²) < 4.78 is 10.6. The molecule has 22 heavy (non-hydrogen) atoms. The van der Waals surface area contributed by atoms with E-state index in [0.717, 1.165) is 5.56 Å². The number of fused-ring (bicyclic) bond motifs is 2. The highest BCUT2D eigenvalue weighted by Gasteiger charge is 2.17. The third-order valence-electron chi connectivity index (χ3n) is 3.51. The number of rotatable bonds is 2. The van der Waals surface area contributed by atoms with Gasteiger partial charge in [-0.25, -0.2) is 9.78 Å². The van der Waals surface area contributed by atoms with Crippen LogP contribution in [0, 0.1) is 0 Å². The second-order valence-corrected chi connectivity index (χ2v) is 4.82. The second kappa shape index (κ2) is 4.70. The molecule has 3 aromatic rings. The van der Waals surface area contributed by atoms with Gasteiger partial charge in [-0.3, -0.25) is 4.98 Å². The first-order valence-electron chi connectivity index (χ1n) is 6.60. The first kappa shape index (κ1) is 12.6. The average Bonchev–Trinajstić information content (AvgIpc) is 3.01. The zero-order valence-corrected chi connectivity index (χ0v) is 11.3. The van der Waals surface area contributed by atoms with Crippen molar-refractivity contribution < 1.29 is 19.4 Å². The molecule has 1 aromatic carbocycles. The Morgan fingerprint density at radius 1 is 1.14 bits per heavy atom. The molecule has 6 heteroatoms. The molecule has 0 aliphatic carbocycles. The van der Waals surface area contributed by atoms with Crippen molar-refractivity contribution in [2.45, 2.75) is 0 Å². The number of carbonyl (C=O) groups is 1. The zero-order valence-electron chi connectivity index (χ0n) is 11.3. The van der Waals surface area contributed by atoms with Crippen LogP contribution in [0.4, 0.5) is 0 Å². The minimum Gasteiger partial charge on any atom is -0.478 e. The molecule has 0 radical (unpaired) electrons. The molecule has 3 heterocycles. The molecule has 0 unspecified atom stereocenters. The Labute approximate surface area is 125 Å². The minimum atomic E-state index is -0.999. The summed E-state index contributed by atoms with van der Waals surface area (Å²) in [7, 11) is 0. The number of carboxylic acids is 1. The van der Waals surface area contributed by atoms with Gasteiger partial charge >= 0.3 is 5.97 Å². The minimum absolute atomic E-state index is 0.189. The number of carboxylic acid groups (broad SMARTS) is 1. The van der Waals surface area contributed by atoms with Gasteiger partial charge in [0.2, 0.25) is 6.79 Å². The maximum absolute atomic E-state index is 11.5. The molecule has 0 bridgehead atoms. The van der Waals surface area contributed by atoms with Crippen LogP contribution in [0.25, 0.3) is 22.2 Å². The van der Waals surface area contributed by atoms with Gasteiger partial charge in [-0.2, -0.15) is 0 Å². The number of pyridine rings is 2. The number of nitrogens with zero attached hydrogens (tertiary/aromatic N) is 2. The SMILES string of the molecule is O=C(O)c1cc(-c2ccc3c(c2)OCO3)nc2cnccc12. The molecule has 6 nitrogen and oxygen atoms in total. The molecule has 0 amide bonds. The lowest BCUT2D eigenvalue weighted by Gasteiger charge is -2.07. The fraction of sp³-hybridized carbons (Fsp3) is 0.0625. The molecule has 0 spiro atoms. The highest BCUT2D eigenvalue weighted by atomic mass is 16.7. The molecule has 108 valence electrons. The van der Waals surface area contributed by atoms with Gasteiger partial charge in [0.1, 0.15) is 0 Å². The van der Waals surface area contributed by atoms with E-state index in [4.69, 9.17) is 9.47 Å². The summed E-state index contributed by atoms with van der Waals surface area (Å²) in [5.41, 5.74) is 2.05. The topological polar surface area (TPSA) is 81.5 Å². The van der Waals surface area contributed by atoms with Crippen LogP contribution >= 0.6 is 0 Å². The van der Waals surface area contributed by atoms with Crippen LogP contribution in [0.1, 0.15) is 10.4 Å². The normalized spacial score (nSPS) is 12.5. The van der Waals surface area contributed by atoms with Gasteiger partial charge in [-0.05, 0) is 30.3 Å². The van der Waals surface area contributed by atoms with Gasteiger partial charge in [0.05, 0.1) is 23.0 Å². The van der Waals surface area contributed by atoms with Crippen LogP contribution in [0.3, 0.4) is 0 Å². The standard InChI is InChI=1S/C16H10N2O4/c19-16(20)11-6-12(18-13-7-17-4-3-10(11)13)9-1-2-14-15(5-9)22-8-21-14/h1-7H,8H2,(H,19,20). The Hall–Kier alpha value is -3.15. The summed E-state index contributed by atoms with van der Waals surface area (Å²) in [5.74, 6) is 0.299. The average molecular weight is 294 g/mol. The summed E-state index contributed by atoms with van der Waals surface area (Å²) in [6.45, 7) is 0.189. The molecule has 0 atom stereocenters. The zero-order chi connectivity index (χ0) is 15.1. The van der Waals surface area contributed by atoms with Crippen LogP contribution in [-0.4, -0.2) is 27.8 Å². The van der Waals surface area contributed by atoms with Crippen LogP contribution in [0.5, 0.6) is 11.5 Å². The van der Waals surface area contributed by atoms with Gasteiger partial charge in [0.15, 0.2) is 11.5 Å². The van der Waals surface area contributed by atoms with E-state index in [1.54, 1.807) is 36.7 Å². The Bertz CT molecular complexity index is 908. The molecule has 0 fully saturated rings. The number of benzene rings is 1. The number of aromatic carboxylic acids is 1. The monoisotopic (exact) mass is 294 g/mol. The molecule has 0 saturated carbocycles. The number of hydrogen-bond acceptors (Lipinski definition) is 5. The van der Waals surface area contributed by atoms with Crippen molar-refractivity contribution in [2.24, 2.45) is 0 Å². The van der Waals surface area contributed by atoms with Crippen molar-refractivity contribution in [1.82, 2.24) is 9.97 Å². The Kier molecular flexibility index (Phi) is 2.69. The Morgan fingerprint density at radius 2 is 2.00 bits per heavy atom. The predicted molar refractivity (Wildman–Crippen MR) is 78.1 cm³/mol. The van der Waals surface area contributed by atoms with E-state index < -0.39 is 5.97 Å². The van der Waals surface area contributed by atoms with E-state index in [2.05, 4.69) is 9.97 Å². The van der Waals surface area contributed by atoms with Gasteiger partial charge in [0.25, 0.3) is 0 Å². The molecule has 1 N–H and O–H groups in total. The van der Waals surface area contributed by atoms with Gasteiger partial charge in [-0.15, -0.1) is 0 Å². The predicted octanol–water partition coefficient (Wildman–Crippen LogP) is 2.72. The van der Waals surface area contributed by atoms with Gasteiger partial charge in [0, 0.05) is 17.1 Å². The molecular weight excluding hydrogens is 284 g/mol. The van der Waals surface area contributed by atoms with Crippen molar-refractivity contribution in [1.29, 1.82) is 0 Å². The quantitative estimate of drug-likeness (QED) is 0.782. The van der Waals surface area contributed by atoms with Crippen molar-refractivity contribution in [2.75, 3.05) is 6.79 Å². The summed E-state index contributed by atoms with van der Waals surface area (Å²) >= 11 is 0. The third kappa shape index (κ3) is 1.93. The maximum Gasteiger partial charge on any atom is 0.336 e. The molecule has 2 aromatic heterocycles. The fourth-order valence-electron chi connectivity index (χ4n) is 2.46. The van der Waals surface area contributed by atoms with E-state index in [9.17, 15) is 9.90 Å². The number of ether oxygens (including phenoxy) is 2. The summed E-state index contributed by atoms with van der Waals surface area (Å²) in [5, 5.41) is 9.98. The van der Waals surface area contributed by atoms with Crippen molar-refractivity contribution in [3.05, 3.63) is 48.3 Å². The molecular formula is C16H10N2O4. The highest BCUT2D eigenvalue weighted by molar-refractivity contribution is 6.03. The summed E-state index contributed by atoms with van der Waals surface area (Å²) in [6.07, 6.45) is 3.11. The first-order valence-corrected chi connectivity index (χ1v) is 6.60. The van der Waals surface area contributed by atoms with Gasteiger partial charge in [-0.1, -0.05) is 0 Å². The van der Waals surface area contributed by atoms with Crippen molar-refractivity contribution in [3.63, 3.8) is 0 Å². The first-order chi connectivity index (χ1) is 10.7. The molecule has 1 aliphatic heterocycles. The van der Waals surface area contributed by atoms with E-state index in [-0.39, 0.29) is 12.4 Å². The lowest BCUT2D eigenvalue weighted by molar-refractivity contribution is 0.0699. The van der Waals surface area contributed by atoms with Crippen LogP contribution in [0.15, 0.2) is 42.7 Å². The summed E-state index contributed by atoms with van der Waals surface area (Å²) in [4.78, 5) is 20.0. The number of hydrogen-bond donors (Lipinski definition) is 1. The molecule has 0 saturated heterocycles. The fourth-order valence-corrected chi connectivity index (χ4v) is 2.46. The second-order valence-electron chi connectivity index (χ2n) is 4.82. The largest absolute Gasteiger partial charge is 0.478 e. The smallest absolute Gasteiger partial charge is 0.336 e. The van der Waals surface area contributed by atoms with E-state index >= 15 is 0 Å². The molecule has 1 aliphatic rings. The van der Waals surface area contributed by atoms with Crippen LogP contribution in [-0.2, 0) is 0 Å². The van der Waals surface area contributed by atoms with Gasteiger partial charge < -0.3 is 14.6 Å². The highest BCUT2D eigenvalue weighted by Crippen LogP contribution is 2.36. The summed E-state index contributed by atoms with van der Waals surface area (Å²) in [6, 6.07) is 8.60. The lowest BCUT2D eigenvalue weighted by atomic mass is 10.0. The van der Waals surface area contributed by atoms with E-state index in [1.807, 2.05) is 6.07 Å². The Morgan fingerprint density at radius 3 is 2.86 bits per heavy atom. The van der Waals surface area contributed by atoms with Crippen molar-refractivity contribution in [3.8, 4) is 22.8 Å². The maximum atomic E-state index is 11.5. The lowest BCUT2D eigenvalue weighted by Crippen LogP contribution is -2.00. The third-order valence-corrected chi connectivity index (χ3v) is 3.51. The van der Waals surface area contributed by atoms with E-state index in [0.29, 0.717) is 28.1 Å². The van der Waals surface area contributed by atoms with E-state index in [1.165, 1.54) is 0 Å². The number of aromatic nitrogens is 2. The van der Waals surface area contributed by atoms with Crippen LogP contribution < -0.4 is 9.47 Å². The Balaban J connectivity index is 1.93.